The molecule has 3 rings (SSSR count). The van der Waals surface area contributed by atoms with Gasteiger partial charge in [-0.25, -0.2) is 0 Å². The Bertz CT molecular complexity index is 872. The van der Waals surface area contributed by atoms with Crippen LogP contribution in [0.4, 0.5) is 5.69 Å². The molecule has 1 aromatic heterocycles. The normalized spacial score (nSPS) is 10.6. The minimum absolute atomic E-state index is 0.171. The second kappa shape index (κ2) is 3.60. The molecule has 18 heavy (non-hydrogen) atoms. The number of nitrogens with two attached hydrogens (primary N) is 1. The van der Waals surface area contributed by atoms with Gasteiger partial charge in [0.2, 0.25) is 5.43 Å². The molecule has 4 nitrogen and oxygen atoms in total. The van der Waals surface area contributed by atoms with Crippen LogP contribution in [0.2, 0.25) is 0 Å². The molecule has 0 aliphatic carbocycles. The van der Waals surface area contributed by atoms with Crippen LogP contribution in [-0.2, 0) is 0 Å². The number of nitriles is 1. The fourth-order valence-electron chi connectivity index (χ4n) is 1.94. The summed E-state index contributed by atoms with van der Waals surface area (Å²) in [5.74, 6) is 0. The molecular weight excluding hydrogens is 228 g/mol. The van der Waals surface area contributed by atoms with Gasteiger partial charge in [0.25, 0.3) is 0 Å². The summed E-state index contributed by atoms with van der Waals surface area (Å²) in [6.07, 6.45) is 0. The minimum atomic E-state index is -0.171. The standard InChI is InChI=1S/C14H8N2O2/c15-7-8-1-3-12-10(5-8)14(17)11-6-9(16)2-4-13(11)18-12/h1-6H,16H2. The van der Waals surface area contributed by atoms with Crippen molar-refractivity contribution in [3.63, 3.8) is 0 Å². The lowest BCUT2D eigenvalue weighted by molar-refractivity contribution is 0.660. The zero-order valence-corrected chi connectivity index (χ0v) is 9.31. The van der Waals surface area contributed by atoms with Crippen LogP contribution in [0.3, 0.4) is 0 Å². The summed E-state index contributed by atoms with van der Waals surface area (Å²) in [6, 6.07) is 11.7. The van der Waals surface area contributed by atoms with E-state index in [1.165, 1.54) is 6.07 Å². The summed E-state index contributed by atoms with van der Waals surface area (Å²) in [4.78, 5) is 12.3. The van der Waals surface area contributed by atoms with Crippen molar-refractivity contribution in [1.82, 2.24) is 0 Å². The molecule has 0 saturated carbocycles. The van der Waals surface area contributed by atoms with Gasteiger partial charge in [-0.2, -0.15) is 5.26 Å². The number of rotatable bonds is 0. The van der Waals surface area contributed by atoms with E-state index in [-0.39, 0.29) is 5.43 Å². The van der Waals surface area contributed by atoms with Crippen LogP contribution in [0.25, 0.3) is 21.9 Å². The summed E-state index contributed by atoms with van der Waals surface area (Å²) in [6.45, 7) is 0. The van der Waals surface area contributed by atoms with Gasteiger partial charge in [0.1, 0.15) is 11.2 Å². The van der Waals surface area contributed by atoms with E-state index in [9.17, 15) is 4.79 Å². The summed E-state index contributed by atoms with van der Waals surface area (Å²) >= 11 is 0. The predicted molar refractivity (Wildman–Crippen MR) is 69.1 cm³/mol. The van der Waals surface area contributed by atoms with Crippen LogP contribution in [-0.4, -0.2) is 0 Å². The van der Waals surface area contributed by atoms with Gasteiger partial charge >= 0.3 is 0 Å². The Balaban J connectivity index is 2.54. The van der Waals surface area contributed by atoms with Crippen molar-refractivity contribution in [1.29, 1.82) is 5.26 Å². The molecule has 2 N–H and O–H groups in total. The number of hydrogen-bond donors (Lipinski definition) is 1. The average Bonchev–Trinajstić information content (AvgIpc) is 2.40. The number of hydrogen-bond acceptors (Lipinski definition) is 4. The van der Waals surface area contributed by atoms with E-state index in [0.29, 0.717) is 33.2 Å². The number of nitrogen functional groups attached to an aromatic ring is 1. The number of fused-ring (bicyclic) bond motifs is 2. The number of anilines is 1. The number of benzene rings is 2. The van der Waals surface area contributed by atoms with Crippen LogP contribution < -0.4 is 11.2 Å². The maximum atomic E-state index is 12.3. The van der Waals surface area contributed by atoms with E-state index in [2.05, 4.69) is 0 Å². The lowest BCUT2D eigenvalue weighted by atomic mass is 10.1. The van der Waals surface area contributed by atoms with Crippen molar-refractivity contribution in [3.8, 4) is 6.07 Å². The average molecular weight is 236 g/mol. The minimum Gasteiger partial charge on any atom is -0.456 e. The Morgan fingerprint density at radius 3 is 2.44 bits per heavy atom. The van der Waals surface area contributed by atoms with E-state index in [1.807, 2.05) is 6.07 Å². The SMILES string of the molecule is N#Cc1ccc2oc3ccc(N)cc3c(=O)c2c1. The van der Waals surface area contributed by atoms with Crippen LogP contribution in [0.5, 0.6) is 0 Å². The van der Waals surface area contributed by atoms with Crippen molar-refractivity contribution in [2.24, 2.45) is 0 Å². The molecule has 3 aromatic rings. The molecule has 0 spiro atoms. The molecule has 1 heterocycles. The van der Waals surface area contributed by atoms with Crippen molar-refractivity contribution in [3.05, 3.63) is 52.2 Å². The highest BCUT2D eigenvalue weighted by atomic mass is 16.3. The van der Waals surface area contributed by atoms with Crippen molar-refractivity contribution < 1.29 is 4.42 Å². The third-order valence-corrected chi connectivity index (χ3v) is 2.82. The molecule has 2 aromatic carbocycles. The molecule has 0 aliphatic rings. The van der Waals surface area contributed by atoms with Gasteiger partial charge in [0, 0.05) is 5.69 Å². The molecule has 4 heteroatoms. The van der Waals surface area contributed by atoms with E-state index < -0.39 is 0 Å². The van der Waals surface area contributed by atoms with E-state index in [0.717, 1.165) is 0 Å². The van der Waals surface area contributed by atoms with Crippen LogP contribution in [0.15, 0.2) is 45.6 Å². The molecule has 0 bridgehead atoms. The second-order valence-corrected chi connectivity index (χ2v) is 4.01. The topological polar surface area (TPSA) is 80.0 Å². The van der Waals surface area contributed by atoms with Crippen molar-refractivity contribution in [2.75, 3.05) is 5.73 Å². The smallest absolute Gasteiger partial charge is 0.200 e. The Morgan fingerprint density at radius 1 is 1.06 bits per heavy atom. The molecule has 0 saturated heterocycles. The number of nitrogens with zero attached hydrogens (tertiary/aromatic N) is 1. The van der Waals surface area contributed by atoms with Crippen LogP contribution >= 0.6 is 0 Å². The molecule has 0 radical (unpaired) electrons. The van der Waals surface area contributed by atoms with E-state index in [1.54, 1.807) is 30.3 Å². The first-order valence-electron chi connectivity index (χ1n) is 5.35. The zero-order valence-electron chi connectivity index (χ0n) is 9.31. The quantitative estimate of drug-likeness (QED) is 0.480. The second-order valence-electron chi connectivity index (χ2n) is 4.01. The third kappa shape index (κ3) is 1.42. The van der Waals surface area contributed by atoms with E-state index in [4.69, 9.17) is 15.4 Å². The summed E-state index contributed by atoms with van der Waals surface area (Å²) in [7, 11) is 0. The lowest BCUT2D eigenvalue weighted by Crippen LogP contribution is -2.03. The maximum Gasteiger partial charge on any atom is 0.200 e. The van der Waals surface area contributed by atoms with Gasteiger partial charge in [-0.15, -0.1) is 0 Å². The monoisotopic (exact) mass is 236 g/mol. The molecule has 0 fully saturated rings. The Morgan fingerprint density at radius 2 is 1.72 bits per heavy atom. The van der Waals surface area contributed by atoms with Gasteiger partial charge in [0.05, 0.1) is 22.4 Å². The fraction of sp³-hybridized carbons (Fsp3) is 0. The highest BCUT2D eigenvalue weighted by Gasteiger charge is 2.08. The summed E-state index contributed by atoms with van der Waals surface area (Å²) in [5, 5.41) is 9.67. The highest BCUT2D eigenvalue weighted by molar-refractivity contribution is 5.91. The molecule has 0 aliphatic heterocycles. The first-order chi connectivity index (χ1) is 8.69. The Hall–Kier alpha value is -2.80. The molecular formula is C14H8N2O2. The maximum absolute atomic E-state index is 12.3. The van der Waals surface area contributed by atoms with Gasteiger partial charge in [-0.05, 0) is 36.4 Å². The third-order valence-electron chi connectivity index (χ3n) is 2.82. The summed E-state index contributed by atoms with van der Waals surface area (Å²) < 4.78 is 5.62. The van der Waals surface area contributed by atoms with Gasteiger partial charge in [-0.1, -0.05) is 0 Å². The lowest BCUT2D eigenvalue weighted by Gasteiger charge is -2.02. The molecule has 86 valence electrons. The molecule has 0 atom stereocenters. The Labute approximate surface area is 102 Å². The highest BCUT2D eigenvalue weighted by Crippen LogP contribution is 2.21. The van der Waals surface area contributed by atoms with Gasteiger partial charge in [-0.3, -0.25) is 4.79 Å². The van der Waals surface area contributed by atoms with Crippen LogP contribution in [0, 0.1) is 11.3 Å². The largest absolute Gasteiger partial charge is 0.456 e. The van der Waals surface area contributed by atoms with Crippen LogP contribution in [0.1, 0.15) is 5.56 Å². The molecule has 0 unspecified atom stereocenters. The fourth-order valence-corrected chi connectivity index (χ4v) is 1.94. The van der Waals surface area contributed by atoms with Gasteiger partial charge < -0.3 is 10.2 Å². The predicted octanol–water partition coefficient (Wildman–Crippen LogP) is 2.40. The first kappa shape index (κ1) is 10.4. The van der Waals surface area contributed by atoms with Gasteiger partial charge in [0.15, 0.2) is 0 Å². The molecule has 0 amide bonds. The summed E-state index contributed by atoms with van der Waals surface area (Å²) in [5.41, 5.74) is 7.38. The zero-order chi connectivity index (χ0) is 12.7. The first-order valence-corrected chi connectivity index (χ1v) is 5.35. The van der Waals surface area contributed by atoms with E-state index >= 15 is 0 Å². The Kier molecular flexibility index (Phi) is 2.07. The van der Waals surface area contributed by atoms with Crippen molar-refractivity contribution >= 4 is 27.6 Å². The van der Waals surface area contributed by atoms with Crippen molar-refractivity contribution in [2.45, 2.75) is 0 Å².